The Balaban J connectivity index is 1.94. The molecule has 0 aromatic carbocycles. The molecular weight excluding hydrogens is 210 g/mol. The minimum atomic E-state index is -0.496. The van der Waals surface area contributed by atoms with Gasteiger partial charge in [-0.2, -0.15) is 5.10 Å². The summed E-state index contributed by atoms with van der Waals surface area (Å²) in [5.41, 5.74) is 0. The van der Waals surface area contributed by atoms with Gasteiger partial charge in [-0.25, -0.2) is 9.67 Å². The molecule has 2 heterocycles. The predicted octanol–water partition coefficient (Wildman–Crippen LogP) is -1.93. The van der Waals surface area contributed by atoms with E-state index in [-0.39, 0.29) is 18.5 Å². The number of amides is 1. The van der Waals surface area contributed by atoms with Crippen LogP contribution in [0.25, 0.3) is 0 Å². The summed E-state index contributed by atoms with van der Waals surface area (Å²) >= 11 is 0. The number of aromatic nitrogens is 3. The number of rotatable bonds is 3. The fourth-order valence-corrected chi connectivity index (χ4v) is 1.80. The summed E-state index contributed by atoms with van der Waals surface area (Å²) in [4.78, 5) is 17.2. The lowest BCUT2D eigenvalue weighted by Gasteiger charge is -2.26. The lowest BCUT2D eigenvalue weighted by molar-refractivity contribution is -0.134. The van der Waals surface area contributed by atoms with Crippen LogP contribution in [0.4, 0.5) is 0 Å². The van der Waals surface area contributed by atoms with E-state index in [1.807, 2.05) is 0 Å². The summed E-state index contributed by atoms with van der Waals surface area (Å²) in [5, 5.41) is 16.5. The van der Waals surface area contributed by atoms with Gasteiger partial charge in [-0.05, 0) is 0 Å². The van der Waals surface area contributed by atoms with E-state index < -0.39 is 6.10 Å². The molecule has 0 bridgehead atoms. The summed E-state index contributed by atoms with van der Waals surface area (Å²) in [6.45, 7) is 1.31. The number of hydrogen-bond donors (Lipinski definition) is 2. The van der Waals surface area contributed by atoms with Gasteiger partial charge in [0.1, 0.15) is 19.2 Å². The van der Waals surface area contributed by atoms with Crippen LogP contribution < -0.4 is 5.32 Å². The van der Waals surface area contributed by atoms with Crippen molar-refractivity contribution < 1.29 is 9.90 Å². The molecule has 1 aliphatic heterocycles. The van der Waals surface area contributed by atoms with Gasteiger partial charge in [0.25, 0.3) is 0 Å². The second kappa shape index (κ2) is 4.58. The normalized spacial score (nSPS) is 24.6. The van der Waals surface area contributed by atoms with Crippen LogP contribution in [-0.4, -0.2) is 63.0 Å². The van der Waals surface area contributed by atoms with E-state index in [4.69, 9.17) is 0 Å². The monoisotopic (exact) mass is 225 g/mol. The summed E-state index contributed by atoms with van der Waals surface area (Å²) < 4.78 is 1.47. The van der Waals surface area contributed by atoms with E-state index in [9.17, 15) is 9.90 Å². The Labute approximate surface area is 93.1 Å². The van der Waals surface area contributed by atoms with E-state index in [0.717, 1.165) is 0 Å². The number of carbonyl (C=O) groups is 1. The third kappa shape index (κ3) is 2.20. The smallest absolute Gasteiger partial charge is 0.244 e. The molecule has 1 aliphatic rings. The summed E-state index contributed by atoms with van der Waals surface area (Å²) in [6, 6.07) is -0.156. The molecule has 0 unspecified atom stereocenters. The van der Waals surface area contributed by atoms with E-state index in [1.165, 1.54) is 17.3 Å². The maximum atomic E-state index is 11.8. The summed E-state index contributed by atoms with van der Waals surface area (Å²) in [5.74, 6) is -0.0850. The molecule has 0 radical (unpaired) electrons. The van der Waals surface area contributed by atoms with Crippen LogP contribution in [0.15, 0.2) is 12.7 Å². The first-order valence-corrected chi connectivity index (χ1v) is 5.15. The van der Waals surface area contributed by atoms with Crippen molar-refractivity contribution in [3.63, 3.8) is 0 Å². The number of hydrogen-bond acceptors (Lipinski definition) is 5. The molecule has 7 heteroatoms. The van der Waals surface area contributed by atoms with Gasteiger partial charge in [0.05, 0.1) is 12.1 Å². The zero-order valence-corrected chi connectivity index (χ0v) is 9.08. The number of aliphatic hydroxyl groups excluding tert-OH is 1. The number of β-amino-alcohol motifs (C(OH)–C–C–N with tert-alkyl or cyclic N) is 1. The molecule has 1 saturated heterocycles. The van der Waals surface area contributed by atoms with Crippen molar-refractivity contribution in [1.82, 2.24) is 25.0 Å². The highest BCUT2D eigenvalue weighted by Crippen LogP contribution is 2.07. The summed E-state index contributed by atoms with van der Waals surface area (Å²) in [7, 11) is 1.69. The quantitative estimate of drug-likeness (QED) is 0.626. The molecule has 1 aromatic heterocycles. The number of nitrogens with one attached hydrogen (secondary N) is 1. The van der Waals surface area contributed by atoms with Gasteiger partial charge in [0.2, 0.25) is 5.91 Å². The molecule has 2 atom stereocenters. The van der Waals surface area contributed by atoms with Crippen LogP contribution in [0.2, 0.25) is 0 Å². The van der Waals surface area contributed by atoms with Crippen LogP contribution in [0.1, 0.15) is 0 Å². The molecule has 7 nitrogen and oxygen atoms in total. The molecule has 0 spiro atoms. The van der Waals surface area contributed by atoms with Crippen molar-refractivity contribution in [2.45, 2.75) is 18.7 Å². The molecule has 88 valence electrons. The zero-order valence-electron chi connectivity index (χ0n) is 9.08. The van der Waals surface area contributed by atoms with Gasteiger partial charge in [-0.3, -0.25) is 4.79 Å². The molecule has 0 aliphatic carbocycles. The minimum absolute atomic E-state index is 0.0850. The average molecular weight is 225 g/mol. The second-order valence-electron chi connectivity index (χ2n) is 3.89. The van der Waals surface area contributed by atoms with E-state index in [0.29, 0.717) is 13.1 Å². The first-order valence-electron chi connectivity index (χ1n) is 5.15. The van der Waals surface area contributed by atoms with E-state index in [2.05, 4.69) is 15.4 Å². The van der Waals surface area contributed by atoms with Crippen molar-refractivity contribution in [3.05, 3.63) is 12.7 Å². The molecule has 1 fully saturated rings. The molecule has 2 N–H and O–H groups in total. The number of carbonyl (C=O) groups excluding carboxylic acids is 1. The third-order valence-corrected chi connectivity index (χ3v) is 2.81. The average Bonchev–Trinajstić information content (AvgIpc) is 2.88. The lowest BCUT2D eigenvalue weighted by Crippen LogP contribution is -2.45. The highest BCUT2D eigenvalue weighted by Gasteiger charge is 2.31. The number of nitrogens with zero attached hydrogens (tertiary/aromatic N) is 4. The van der Waals surface area contributed by atoms with Crippen molar-refractivity contribution in [2.24, 2.45) is 0 Å². The Hall–Kier alpha value is -1.47. The molecule has 1 amide bonds. The zero-order chi connectivity index (χ0) is 11.5. The van der Waals surface area contributed by atoms with Crippen LogP contribution in [0.3, 0.4) is 0 Å². The van der Waals surface area contributed by atoms with E-state index >= 15 is 0 Å². The molecule has 0 saturated carbocycles. The number of likely N-dealkylation sites (N-methyl/N-ethyl adjacent to an activating group) is 1. The Morgan fingerprint density at radius 2 is 2.50 bits per heavy atom. The standard InChI is InChI=1S/C9H15N5O2/c1-13(7-2-10-3-8(7)15)9(16)4-14-6-11-5-12-14/h5-8,10,15H,2-4H2,1H3/t7-,8-/m1/s1. The summed E-state index contributed by atoms with van der Waals surface area (Å²) in [6.07, 6.45) is 2.39. The van der Waals surface area contributed by atoms with Crippen LogP contribution >= 0.6 is 0 Å². The van der Waals surface area contributed by atoms with Gasteiger partial charge in [-0.1, -0.05) is 0 Å². The van der Waals surface area contributed by atoms with E-state index in [1.54, 1.807) is 11.9 Å². The topological polar surface area (TPSA) is 83.3 Å². The third-order valence-electron chi connectivity index (χ3n) is 2.81. The largest absolute Gasteiger partial charge is 0.390 e. The molecule has 1 aromatic rings. The van der Waals surface area contributed by atoms with Crippen molar-refractivity contribution in [2.75, 3.05) is 20.1 Å². The Kier molecular flexibility index (Phi) is 3.16. The maximum absolute atomic E-state index is 11.8. The second-order valence-corrected chi connectivity index (χ2v) is 3.89. The molecule has 16 heavy (non-hydrogen) atoms. The molecule has 2 rings (SSSR count). The minimum Gasteiger partial charge on any atom is -0.390 e. The highest BCUT2D eigenvalue weighted by molar-refractivity contribution is 5.76. The molecular formula is C9H15N5O2. The number of aliphatic hydroxyl groups is 1. The van der Waals surface area contributed by atoms with Crippen LogP contribution in [0, 0.1) is 0 Å². The predicted molar refractivity (Wildman–Crippen MR) is 55.5 cm³/mol. The van der Waals surface area contributed by atoms with Gasteiger partial charge in [0.15, 0.2) is 0 Å². The van der Waals surface area contributed by atoms with Crippen molar-refractivity contribution in [3.8, 4) is 0 Å². The van der Waals surface area contributed by atoms with Crippen LogP contribution in [0.5, 0.6) is 0 Å². The lowest BCUT2D eigenvalue weighted by atomic mass is 10.2. The van der Waals surface area contributed by atoms with Gasteiger partial charge in [-0.15, -0.1) is 0 Å². The van der Waals surface area contributed by atoms with Crippen molar-refractivity contribution in [1.29, 1.82) is 0 Å². The fourth-order valence-electron chi connectivity index (χ4n) is 1.80. The maximum Gasteiger partial charge on any atom is 0.244 e. The van der Waals surface area contributed by atoms with Crippen molar-refractivity contribution >= 4 is 5.91 Å². The SMILES string of the molecule is CN(C(=O)Cn1cncn1)[C@@H]1CNC[C@H]1O. The van der Waals surface area contributed by atoms with Gasteiger partial charge in [0, 0.05) is 20.1 Å². The first kappa shape index (κ1) is 11.0. The Bertz CT molecular complexity index is 353. The Morgan fingerprint density at radius 3 is 3.06 bits per heavy atom. The fraction of sp³-hybridized carbons (Fsp3) is 0.667. The van der Waals surface area contributed by atoms with Gasteiger partial charge < -0.3 is 15.3 Å². The highest BCUT2D eigenvalue weighted by atomic mass is 16.3. The van der Waals surface area contributed by atoms with Gasteiger partial charge >= 0.3 is 0 Å². The Morgan fingerprint density at radius 1 is 1.69 bits per heavy atom. The first-order chi connectivity index (χ1) is 7.68. The van der Waals surface area contributed by atoms with Crippen LogP contribution in [-0.2, 0) is 11.3 Å².